The van der Waals surface area contributed by atoms with Gasteiger partial charge in [0.15, 0.2) is 0 Å². The molecule has 1 amide bonds. The summed E-state index contributed by atoms with van der Waals surface area (Å²) in [6.07, 6.45) is 3.15. The van der Waals surface area contributed by atoms with Crippen LogP contribution in [0.4, 0.5) is 0 Å². The molecular weight excluding hydrogens is 368 g/mol. The summed E-state index contributed by atoms with van der Waals surface area (Å²) < 4.78 is 0. The number of benzene rings is 1. The number of carbonyl (C=O) groups is 1. The lowest BCUT2D eigenvalue weighted by molar-refractivity contribution is -0.131. The molecule has 0 bridgehead atoms. The molecule has 1 aromatic heterocycles. The Bertz CT molecular complexity index is 870. The van der Waals surface area contributed by atoms with Gasteiger partial charge >= 0.3 is 0 Å². The minimum absolute atomic E-state index is 0.126. The Morgan fingerprint density at radius 3 is 2.57 bits per heavy atom. The lowest BCUT2D eigenvalue weighted by Crippen LogP contribution is -2.42. The summed E-state index contributed by atoms with van der Waals surface area (Å²) in [5.41, 5.74) is 2.51. The van der Waals surface area contributed by atoms with Crippen molar-refractivity contribution in [1.29, 1.82) is 5.26 Å². The van der Waals surface area contributed by atoms with Crippen LogP contribution in [-0.2, 0) is 11.2 Å². The zero-order valence-corrected chi connectivity index (χ0v) is 17.5. The molecule has 2 heterocycles. The smallest absolute Gasteiger partial charge is 0.235 e. The van der Waals surface area contributed by atoms with Crippen LogP contribution in [0.3, 0.4) is 0 Å². The predicted molar refractivity (Wildman–Crippen MR) is 111 cm³/mol. The van der Waals surface area contributed by atoms with Crippen molar-refractivity contribution in [3.8, 4) is 6.07 Å². The Labute approximate surface area is 171 Å². The maximum absolute atomic E-state index is 12.9. The minimum Gasteiger partial charge on any atom is -0.342 e. The van der Waals surface area contributed by atoms with Crippen LogP contribution in [0, 0.1) is 31.1 Å². The van der Waals surface area contributed by atoms with Crippen LogP contribution >= 0.6 is 11.8 Å². The highest BCUT2D eigenvalue weighted by molar-refractivity contribution is 8.00. The van der Waals surface area contributed by atoms with Crippen LogP contribution in [0.1, 0.15) is 42.4 Å². The van der Waals surface area contributed by atoms with Gasteiger partial charge in [-0.15, -0.1) is 0 Å². The molecule has 2 aromatic rings. The van der Waals surface area contributed by atoms with E-state index in [2.05, 4.69) is 40.3 Å². The number of amides is 1. The number of nitrogens with zero attached hydrogens (tertiary/aromatic N) is 4. The van der Waals surface area contributed by atoms with Gasteiger partial charge in [-0.2, -0.15) is 5.26 Å². The minimum atomic E-state index is -0.272. The molecule has 1 atom stereocenters. The zero-order valence-electron chi connectivity index (χ0n) is 16.7. The SMILES string of the molecule is Cc1nc(C)c(C#N)c(SC(C)C(=O)N2CCC(Cc3ccccc3)CC2)n1. The molecule has 0 radical (unpaired) electrons. The van der Waals surface area contributed by atoms with Gasteiger partial charge < -0.3 is 4.90 Å². The number of likely N-dealkylation sites (tertiary alicyclic amines) is 1. The van der Waals surface area contributed by atoms with Crippen molar-refractivity contribution in [3.05, 3.63) is 53.0 Å². The van der Waals surface area contributed by atoms with E-state index in [-0.39, 0.29) is 11.2 Å². The maximum atomic E-state index is 12.9. The molecule has 1 aromatic carbocycles. The quantitative estimate of drug-likeness (QED) is 0.568. The molecule has 1 unspecified atom stereocenters. The first-order chi connectivity index (χ1) is 13.5. The normalized spacial score (nSPS) is 15.9. The fraction of sp³-hybridized carbons (Fsp3) is 0.455. The summed E-state index contributed by atoms with van der Waals surface area (Å²) >= 11 is 1.36. The van der Waals surface area contributed by atoms with Crippen molar-refractivity contribution in [1.82, 2.24) is 14.9 Å². The van der Waals surface area contributed by atoms with E-state index >= 15 is 0 Å². The second-order valence-electron chi connectivity index (χ2n) is 7.37. The van der Waals surface area contributed by atoms with Crippen molar-refractivity contribution < 1.29 is 4.79 Å². The molecule has 5 nitrogen and oxygen atoms in total. The van der Waals surface area contributed by atoms with Crippen LogP contribution in [0.25, 0.3) is 0 Å². The Hall–Kier alpha value is -2.39. The Kier molecular flexibility index (Phi) is 6.69. The lowest BCUT2D eigenvalue weighted by Gasteiger charge is -2.33. The highest BCUT2D eigenvalue weighted by Gasteiger charge is 2.27. The van der Waals surface area contributed by atoms with Crippen LogP contribution in [-0.4, -0.2) is 39.1 Å². The number of aromatic nitrogens is 2. The van der Waals surface area contributed by atoms with Crippen molar-refractivity contribution >= 4 is 17.7 Å². The Morgan fingerprint density at radius 1 is 1.25 bits per heavy atom. The van der Waals surface area contributed by atoms with Crippen molar-refractivity contribution in [2.45, 2.75) is 50.3 Å². The van der Waals surface area contributed by atoms with Crippen LogP contribution in [0.5, 0.6) is 0 Å². The largest absolute Gasteiger partial charge is 0.342 e. The maximum Gasteiger partial charge on any atom is 0.235 e. The molecule has 1 saturated heterocycles. The Morgan fingerprint density at radius 2 is 1.93 bits per heavy atom. The monoisotopic (exact) mass is 394 g/mol. The molecule has 0 spiro atoms. The van der Waals surface area contributed by atoms with Crippen LogP contribution < -0.4 is 0 Å². The summed E-state index contributed by atoms with van der Waals surface area (Å²) in [4.78, 5) is 23.5. The topological polar surface area (TPSA) is 69.9 Å². The summed E-state index contributed by atoms with van der Waals surface area (Å²) in [6, 6.07) is 12.7. The standard InChI is InChI=1S/C22H26N4OS/c1-15-20(14-23)21(25-17(3)24-15)28-16(2)22(27)26-11-9-19(10-12-26)13-18-7-5-4-6-8-18/h4-8,16,19H,9-13H2,1-3H3. The fourth-order valence-electron chi connectivity index (χ4n) is 3.68. The van der Waals surface area contributed by atoms with Gasteiger partial charge in [0.25, 0.3) is 0 Å². The Balaban J connectivity index is 1.57. The van der Waals surface area contributed by atoms with Gasteiger partial charge in [-0.1, -0.05) is 42.1 Å². The van der Waals surface area contributed by atoms with E-state index in [1.807, 2.05) is 24.8 Å². The molecule has 1 aliphatic heterocycles. The average Bonchev–Trinajstić information content (AvgIpc) is 2.68. The van der Waals surface area contributed by atoms with Gasteiger partial charge in [-0.25, -0.2) is 9.97 Å². The number of piperidine rings is 1. The number of aryl methyl sites for hydroxylation is 2. The lowest BCUT2D eigenvalue weighted by atomic mass is 9.90. The van der Waals surface area contributed by atoms with Crippen molar-refractivity contribution in [2.75, 3.05) is 13.1 Å². The number of hydrogen-bond donors (Lipinski definition) is 0. The van der Waals surface area contributed by atoms with E-state index in [9.17, 15) is 10.1 Å². The van der Waals surface area contributed by atoms with E-state index in [4.69, 9.17) is 0 Å². The number of thioether (sulfide) groups is 1. The summed E-state index contributed by atoms with van der Waals surface area (Å²) in [7, 11) is 0. The average molecular weight is 395 g/mol. The number of hydrogen-bond acceptors (Lipinski definition) is 5. The van der Waals surface area contributed by atoms with Crippen molar-refractivity contribution in [3.63, 3.8) is 0 Å². The number of nitriles is 1. The predicted octanol–water partition coefficient (Wildman–Crippen LogP) is 3.93. The molecule has 28 heavy (non-hydrogen) atoms. The number of carbonyl (C=O) groups excluding carboxylic acids is 1. The highest BCUT2D eigenvalue weighted by atomic mass is 32.2. The molecule has 3 rings (SSSR count). The molecule has 6 heteroatoms. The summed E-state index contributed by atoms with van der Waals surface area (Å²) in [5.74, 6) is 1.38. The highest BCUT2D eigenvalue weighted by Crippen LogP contribution is 2.29. The van der Waals surface area contributed by atoms with Gasteiger partial charge in [0.2, 0.25) is 5.91 Å². The molecule has 0 aliphatic carbocycles. The fourth-order valence-corrected chi connectivity index (χ4v) is 4.76. The third-order valence-electron chi connectivity index (χ3n) is 5.21. The van der Waals surface area contributed by atoms with Crippen molar-refractivity contribution in [2.24, 2.45) is 5.92 Å². The van der Waals surface area contributed by atoms with E-state index in [0.29, 0.717) is 28.0 Å². The molecular formula is C22H26N4OS. The van der Waals surface area contributed by atoms with E-state index < -0.39 is 0 Å². The molecule has 146 valence electrons. The van der Waals surface area contributed by atoms with Gasteiger partial charge in [0, 0.05) is 13.1 Å². The second kappa shape index (κ2) is 9.20. The second-order valence-corrected chi connectivity index (χ2v) is 8.70. The first-order valence-corrected chi connectivity index (χ1v) is 10.6. The third kappa shape index (κ3) is 4.90. The third-order valence-corrected chi connectivity index (χ3v) is 6.28. The molecule has 1 fully saturated rings. The zero-order chi connectivity index (χ0) is 20.1. The van der Waals surface area contributed by atoms with E-state index in [1.54, 1.807) is 6.92 Å². The van der Waals surface area contributed by atoms with Gasteiger partial charge in [0.05, 0.1) is 10.9 Å². The first kappa shape index (κ1) is 20.3. The van der Waals surface area contributed by atoms with Crippen LogP contribution in [0.15, 0.2) is 35.4 Å². The van der Waals surface area contributed by atoms with E-state index in [0.717, 1.165) is 32.4 Å². The molecule has 1 aliphatic rings. The number of rotatable bonds is 5. The molecule has 0 N–H and O–H groups in total. The van der Waals surface area contributed by atoms with Gasteiger partial charge in [-0.05, 0) is 51.5 Å². The van der Waals surface area contributed by atoms with Gasteiger partial charge in [-0.3, -0.25) is 4.79 Å². The summed E-state index contributed by atoms with van der Waals surface area (Å²) in [5, 5.41) is 9.73. The van der Waals surface area contributed by atoms with E-state index in [1.165, 1.54) is 17.3 Å². The summed E-state index contributed by atoms with van der Waals surface area (Å²) in [6.45, 7) is 7.11. The first-order valence-electron chi connectivity index (χ1n) is 9.72. The van der Waals surface area contributed by atoms with Gasteiger partial charge in [0.1, 0.15) is 22.5 Å². The van der Waals surface area contributed by atoms with Crippen LogP contribution in [0.2, 0.25) is 0 Å². The molecule has 0 saturated carbocycles.